The predicted molar refractivity (Wildman–Crippen MR) is 75.9 cm³/mol. The van der Waals surface area contributed by atoms with Crippen LogP contribution in [0.2, 0.25) is 0 Å². The number of carboxylic acid groups (broad SMARTS) is 1. The minimum absolute atomic E-state index is 0.0777. The van der Waals surface area contributed by atoms with Crippen LogP contribution in [0.4, 0.5) is 0 Å². The van der Waals surface area contributed by atoms with Gasteiger partial charge in [0.15, 0.2) is 0 Å². The van der Waals surface area contributed by atoms with E-state index >= 15 is 0 Å². The zero-order valence-corrected chi connectivity index (χ0v) is 12.7. The van der Waals surface area contributed by atoms with Gasteiger partial charge in [-0.3, -0.25) is 4.79 Å². The molecule has 0 spiro atoms. The first-order valence-electron chi connectivity index (χ1n) is 6.48. The highest BCUT2D eigenvalue weighted by molar-refractivity contribution is 7.89. The molecule has 1 saturated heterocycles. The second-order valence-electron chi connectivity index (χ2n) is 4.81. The van der Waals surface area contributed by atoms with Gasteiger partial charge in [0.1, 0.15) is 11.8 Å². The number of piperazine rings is 1. The van der Waals surface area contributed by atoms with Gasteiger partial charge in [0.25, 0.3) is 0 Å². The molecule has 0 aromatic heterocycles. The maximum absolute atomic E-state index is 12.6. The Labute approximate surface area is 123 Å². The highest BCUT2D eigenvalue weighted by atomic mass is 32.2. The summed E-state index contributed by atoms with van der Waals surface area (Å²) in [5, 5.41) is 12.1. The molecule has 1 atom stereocenters. The van der Waals surface area contributed by atoms with E-state index in [0.717, 1.165) is 4.31 Å². The van der Waals surface area contributed by atoms with Crippen molar-refractivity contribution in [2.75, 3.05) is 26.7 Å². The van der Waals surface area contributed by atoms with Gasteiger partial charge in [-0.2, -0.15) is 4.31 Å². The number of methoxy groups -OCH3 is 1. The Kier molecular flexibility index (Phi) is 4.50. The standard InChI is InChI=1S/C13H18N2O5S/c1-9-7-10(3-4-12(9)20-2)21(18,19)15-6-5-14-8-11(15)13(16)17/h3-4,7,11,14H,5-6,8H2,1-2H3,(H,16,17). The number of sulfonamides is 1. The molecular formula is C13H18N2O5S. The van der Waals surface area contributed by atoms with Crippen molar-refractivity contribution in [1.29, 1.82) is 0 Å². The van der Waals surface area contributed by atoms with Crippen LogP contribution in [0.25, 0.3) is 0 Å². The molecule has 0 amide bonds. The van der Waals surface area contributed by atoms with Gasteiger partial charge in [0.2, 0.25) is 10.0 Å². The molecule has 1 aromatic rings. The Hall–Kier alpha value is -1.64. The number of hydrogen-bond acceptors (Lipinski definition) is 5. The van der Waals surface area contributed by atoms with E-state index in [2.05, 4.69) is 5.32 Å². The first-order valence-corrected chi connectivity index (χ1v) is 7.92. The van der Waals surface area contributed by atoms with Crippen molar-refractivity contribution in [2.24, 2.45) is 0 Å². The van der Waals surface area contributed by atoms with Crippen LogP contribution < -0.4 is 10.1 Å². The zero-order valence-electron chi connectivity index (χ0n) is 11.9. The summed E-state index contributed by atoms with van der Waals surface area (Å²) in [6, 6.07) is 3.41. The Morgan fingerprint density at radius 2 is 2.19 bits per heavy atom. The third kappa shape index (κ3) is 3.02. The number of benzene rings is 1. The highest BCUT2D eigenvalue weighted by Crippen LogP contribution is 2.25. The summed E-state index contributed by atoms with van der Waals surface area (Å²) >= 11 is 0. The fourth-order valence-electron chi connectivity index (χ4n) is 2.33. The molecule has 1 heterocycles. The molecule has 1 aliphatic heterocycles. The number of aryl methyl sites for hydroxylation is 1. The molecule has 21 heavy (non-hydrogen) atoms. The second kappa shape index (κ2) is 6.00. The summed E-state index contributed by atoms with van der Waals surface area (Å²) in [5.41, 5.74) is 0.681. The van der Waals surface area contributed by atoms with E-state index in [-0.39, 0.29) is 18.0 Å². The first-order chi connectivity index (χ1) is 9.87. The quantitative estimate of drug-likeness (QED) is 0.815. The van der Waals surface area contributed by atoms with Crippen molar-refractivity contribution >= 4 is 16.0 Å². The summed E-state index contributed by atoms with van der Waals surface area (Å²) in [4.78, 5) is 11.3. The molecule has 0 saturated carbocycles. The molecule has 7 nitrogen and oxygen atoms in total. The monoisotopic (exact) mass is 314 g/mol. The lowest BCUT2D eigenvalue weighted by Gasteiger charge is -2.32. The molecule has 116 valence electrons. The molecule has 1 aromatic carbocycles. The lowest BCUT2D eigenvalue weighted by atomic mass is 10.2. The van der Waals surface area contributed by atoms with Crippen molar-refractivity contribution in [1.82, 2.24) is 9.62 Å². The van der Waals surface area contributed by atoms with Crippen molar-refractivity contribution < 1.29 is 23.1 Å². The summed E-state index contributed by atoms with van der Waals surface area (Å²) in [5.74, 6) is -0.569. The van der Waals surface area contributed by atoms with Gasteiger partial charge in [-0.25, -0.2) is 8.42 Å². The Morgan fingerprint density at radius 3 is 2.76 bits per heavy atom. The minimum Gasteiger partial charge on any atom is -0.496 e. The smallest absolute Gasteiger partial charge is 0.323 e. The Bertz CT molecular complexity index is 644. The lowest BCUT2D eigenvalue weighted by Crippen LogP contribution is -2.56. The van der Waals surface area contributed by atoms with Crippen LogP contribution in [-0.4, -0.2) is 56.6 Å². The molecule has 2 N–H and O–H groups in total. The van der Waals surface area contributed by atoms with Crippen molar-refractivity contribution in [3.05, 3.63) is 23.8 Å². The van der Waals surface area contributed by atoms with E-state index in [1.165, 1.54) is 19.2 Å². The minimum atomic E-state index is -3.85. The van der Waals surface area contributed by atoms with Crippen LogP contribution in [0.5, 0.6) is 5.75 Å². The first kappa shape index (κ1) is 15.7. The number of carboxylic acids is 1. The predicted octanol–water partition coefficient (Wildman–Crippen LogP) is 0.0507. The fourth-order valence-corrected chi connectivity index (χ4v) is 4.00. The van der Waals surface area contributed by atoms with Gasteiger partial charge >= 0.3 is 5.97 Å². The van der Waals surface area contributed by atoms with Gasteiger partial charge < -0.3 is 15.2 Å². The molecule has 2 rings (SSSR count). The van der Waals surface area contributed by atoms with Crippen LogP contribution >= 0.6 is 0 Å². The molecule has 1 fully saturated rings. The molecule has 1 aliphatic rings. The number of rotatable bonds is 4. The normalized spacial score (nSPS) is 20.2. The summed E-state index contributed by atoms with van der Waals surface area (Å²) in [6.07, 6.45) is 0. The van der Waals surface area contributed by atoms with E-state index in [1.807, 2.05) is 0 Å². The van der Waals surface area contributed by atoms with Crippen molar-refractivity contribution in [3.63, 3.8) is 0 Å². The molecule has 8 heteroatoms. The third-order valence-corrected chi connectivity index (χ3v) is 5.36. The van der Waals surface area contributed by atoms with E-state index in [4.69, 9.17) is 4.74 Å². The summed E-state index contributed by atoms with van der Waals surface area (Å²) in [7, 11) is -2.34. The molecule has 0 radical (unpaired) electrons. The largest absolute Gasteiger partial charge is 0.496 e. The van der Waals surface area contributed by atoms with E-state index in [1.54, 1.807) is 13.0 Å². The van der Waals surface area contributed by atoms with Crippen LogP contribution in [-0.2, 0) is 14.8 Å². The number of nitrogens with one attached hydrogen (secondary N) is 1. The van der Waals surface area contributed by atoms with Gasteiger partial charge in [0, 0.05) is 19.6 Å². The molecular weight excluding hydrogens is 296 g/mol. The fraction of sp³-hybridized carbons (Fsp3) is 0.462. The van der Waals surface area contributed by atoms with Gasteiger partial charge in [-0.05, 0) is 30.7 Å². The number of aliphatic carboxylic acids is 1. The van der Waals surface area contributed by atoms with E-state index in [0.29, 0.717) is 17.9 Å². The maximum atomic E-state index is 12.6. The van der Waals surface area contributed by atoms with Crippen LogP contribution in [0.3, 0.4) is 0 Å². The van der Waals surface area contributed by atoms with Crippen LogP contribution in [0, 0.1) is 6.92 Å². The third-order valence-electron chi connectivity index (χ3n) is 3.45. The zero-order chi connectivity index (χ0) is 15.6. The number of carbonyl (C=O) groups is 1. The van der Waals surface area contributed by atoms with Crippen LogP contribution in [0.15, 0.2) is 23.1 Å². The second-order valence-corrected chi connectivity index (χ2v) is 6.70. The summed E-state index contributed by atoms with van der Waals surface area (Å²) < 4.78 is 31.4. The summed E-state index contributed by atoms with van der Waals surface area (Å²) in [6.45, 7) is 2.40. The van der Waals surface area contributed by atoms with Gasteiger partial charge in [0.05, 0.1) is 12.0 Å². The SMILES string of the molecule is COc1ccc(S(=O)(=O)N2CCNCC2C(=O)O)cc1C. The van der Waals surface area contributed by atoms with E-state index in [9.17, 15) is 18.3 Å². The van der Waals surface area contributed by atoms with Crippen LogP contribution in [0.1, 0.15) is 5.56 Å². The Morgan fingerprint density at radius 1 is 1.48 bits per heavy atom. The Balaban J connectivity index is 2.40. The topological polar surface area (TPSA) is 95.9 Å². The molecule has 0 aliphatic carbocycles. The van der Waals surface area contributed by atoms with Gasteiger partial charge in [-0.1, -0.05) is 0 Å². The maximum Gasteiger partial charge on any atom is 0.323 e. The number of nitrogens with zero attached hydrogens (tertiary/aromatic N) is 1. The average Bonchev–Trinajstić information content (AvgIpc) is 2.47. The average molecular weight is 314 g/mol. The van der Waals surface area contributed by atoms with Crippen molar-refractivity contribution in [2.45, 2.75) is 17.9 Å². The highest BCUT2D eigenvalue weighted by Gasteiger charge is 2.37. The molecule has 0 bridgehead atoms. The molecule has 1 unspecified atom stereocenters. The van der Waals surface area contributed by atoms with E-state index < -0.39 is 22.0 Å². The van der Waals surface area contributed by atoms with Gasteiger partial charge in [-0.15, -0.1) is 0 Å². The van der Waals surface area contributed by atoms with Crippen molar-refractivity contribution in [3.8, 4) is 5.75 Å². The number of ether oxygens (including phenoxy) is 1. The lowest BCUT2D eigenvalue weighted by molar-refractivity contribution is -0.141. The number of hydrogen-bond donors (Lipinski definition) is 2.